The van der Waals surface area contributed by atoms with Crippen LogP contribution in [-0.2, 0) is 11.2 Å². The Hall–Kier alpha value is -2.41. The number of amides is 2. The van der Waals surface area contributed by atoms with Crippen molar-refractivity contribution in [1.29, 1.82) is 0 Å². The summed E-state index contributed by atoms with van der Waals surface area (Å²) in [5.74, 6) is 0.385. The predicted octanol–water partition coefficient (Wildman–Crippen LogP) is 3.50. The SMILES string of the molecule is CC(C)CNC(=O)c1cn(C2CCC23CCN(C(=O)Cc2ccc(Cl)cc2)CC3)nn1. The predicted molar refractivity (Wildman–Crippen MR) is 119 cm³/mol. The van der Waals surface area contributed by atoms with Gasteiger partial charge >= 0.3 is 0 Å². The summed E-state index contributed by atoms with van der Waals surface area (Å²) in [6.45, 7) is 6.27. The molecule has 1 spiro atoms. The van der Waals surface area contributed by atoms with E-state index in [9.17, 15) is 9.59 Å². The van der Waals surface area contributed by atoms with E-state index >= 15 is 0 Å². The number of hydrogen-bond acceptors (Lipinski definition) is 4. The van der Waals surface area contributed by atoms with Gasteiger partial charge in [0.25, 0.3) is 5.91 Å². The lowest BCUT2D eigenvalue weighted by atomic mass is 9.59. The highest BCUT2D eigenvalue weighted by Crippen LogP contribution is 2.56. The van der Waals surface area contributed by atoms with Crippen molar-refractivity contribution in [2.24, 2.45) is 11.3 Å². The maximum atomic E-state index is 12.7. The zero-order valence-electron chi connectivity index (χ0n) is 18.2. The van der Waals surface area contributed by atoms with Gasteiger partial charge in [-0.25, -0.2) is 4.68 Å². The third-order valence-corrected chi connectivity index (χ3v) is 6.99. The van der Waals surface area contributed by atoms with Crippen molar-refractivity contribution >= 4 is 23.4 Å². The first-order chi connectivity index (χ1) is 14.9. The third kappa shape index (κ3) is 4.76. The minimum atomic E-state index is -0.170. The van der Waals surface area contributed by atoms with Gasteiger partial charge in [-0.05, 0) is 54.7 Å². The average molecular weight is 444 g/mol. The van der Waals surface area contributed by atoms with Crippen LogP contribution < -0.4 is 5.32 Å². The largest absolute Gasteiger partial charge is 0.350 e. The summed E-state index contributed by atoms with van der Waals surface area (Å²) in [5.41, 5.74) is 1.51. The molecule has 4 rings (SSSR count). The van der Waals surface area contributed by atoms with Crippen LogP contribution >= 0.6 is 11.6 Å². The van der Waals surface area contributed by atoms with Gasteiger partial charge in [-0.15, -0.1) is 5.10 Å². The lowest BCUT2D eigenvalue weighted by molar-refractivity contribution is -0.135. The Morgan fingerprint density at radius 1 is 1.19 bits per heavy atom. The summed E-state index contributed by atoms with van der Waals surface area (Å²) in [4.78, 5) is 27.0. The van der Waals surface area contributed by atoms with Gasteiger partial charge in [-0.1, -0.05) is 42.8 Å². The van der Waals surface area contributed by atoms with Gasteiger partial charge in [-0.3, -0.25) is 9.59 Å². The van der Waals surface area contributed by atoms with Gasteiger partial charge in [0, 0.05) is 24.7 Å². The number of rotatable bonds is 6. The van der Waals surface area contributed by atoms with E-state index in [-0.39, 0.29) is 23.3 Å². The molecule has 1 atom stereocenters. The zero-order chi connectivity index (χ0) is 22.0. The van der Waals surface area contributed by atoms with Crippen molar-refractivity contribution in [3.63, 3.8) is 0 Å². The fraction of sp³-hybridized carbons (Fsp3) is 0.565. The molecule has 31 heavy (non-hydrogen) atoms. The molecule has 166 valence electrons. The first kappa shape index (κ1) is 21.8. The first-order valence-corrected chi connectivity index (χ1v) is 11.5. The van der Waals surface area contributed by atoms with Crippen molar-refractivity contribution in [3.05, 3.63) is 46.7 Å². The van der Waals surface area contributed by atoms with E-state index in [1.165, 1.54) is 0 Å². The maximum absolute atomic E-state index is 12.7. The Balaban J connectivity index is 1.33. The molecule has 8 heteroatoms. The second-order valence-electron chi connectivity index (χ2n) is 9.29. The fourth-order valence-corrected chi connectivity index (χ4v) is 4.81. The van der Waals surface area contributed by atoms with Crippen LogP contribution in [0.3, 0.4) is 0 Å². The van der Waals surface area contributed by atoms with Gasteiger partial charge in [0.15, 0.2) is 5.69 Å². The molecule has 2 aliphatic rings. The molecular weight excluding hydrogens is 414 g/mol. The number of likely N-dealkylation sites (tertiary alicyclic amines) is 1. The Morgan fingerprint density at radius 2 is 1.90 bits per heavy atom. The van der Waals surface area contributed by atoms with E-state index in [4.69, 9.17) is 11.6 Å². The van der Waals surface area contributed by atoms with Gasteiger partial charge < -0.3 is 10.2 Å². The highest BCUT2D eigenvalue weighted by Gasteiger charge is 2.50. The summed E-state index contributed by atoms with van der Waals surface area (Å²) >= 11 is 5.93. The minimum Gasteiger partial charge on any atom is -0.350 e. The number of carbonyl (C=O) groups is 2. The molecule has 1 saturated heterocycles. The fourth-order valence-electron chi connectivity index (χ4n) is 4.69. The van der Waals surface area contributed by atoms with E-state index in [1.54, 1.807) is 6.20 Å². The molecular formula is C23H30ClN5O2. The monoisotopic (exact) mass is 443 g/mol. The number of carbonyl (C=O) groups excluding carboxylic acids is 2. The number of hydrogen-bond donors (Lipinski definition) is 1. The molecule has 1 aliphatic carbocycles. The molecule has 2 aromatic rings. The van der Waals surface area contributed by atoms with Crippen molar-refractivity contribution in [2.75, 3.05) is 19.6 Å². The number of aromatic nitrogens is 3. The Labute approximate surface area is 188 Å². The second-order valence-corrected chi connectivity index (χ2v) is 9.72. The van der Waals surface area contributed by atoms with Gasteiger partial charge in [-0.2, -0.15) is 0 Å². The van der Waals surface area contributed by atoms with Crippen molar-refractivity contribution < 1.29 is 9.59 Å². The topological polar surface area (TPSA) is 80.1 Å². The normalized spacial score (nSPS) is 20.0. The van der Waals surface area contributed by atoms with Gasteiger partial charge in [0.1, 0.15) is 0 Å². The van der Waals surface area contributed by atoms with E-state index < -0.39 is 0 Å². The summed E-state index contributed by atoms with van der Waals surface area (Å²) in [6, 6.07) is 7.72. The van der Waals surface area contributed by atoms with Crippen LogP contribution in [0.2, 0.25) is 5.02 Å². The van der Waals surface area contributed by atoms with Crippen molar-refractivity contribution in [3.8, 4) is 0 Å². The molecule has 7 nitrogen and oxygen atoms in total. The van der Waals surface area contributed by atoms with Gasteiger partial charge in [0.05, 0.1) is 18.7 Å². The number of nitrogens with zero attached hydrogens (tertiary/aromatic N) is 4. The van der Waals surface area contributed by atoms with Crippen LogP contribution in [0.15, 0.2) is 30.5 Å². The standard InChI is InChI=1S/C23H30ClN5O2/c1-16(2)14-25-22(31)19-15-29(27-26-19)20-7-8-23(20)9-11-28(12-10-23)21(30)13-17-3-5-18(24)6-4-17/h3-6,15-16,20H,7-14H2,1-2H3,(H,25,31). The lowest BCUT2D eigenvalue weighted by Gasteiger charge is -2.53. The van der Waals surface area contributed by atoms with Crippen LogP contribution in [0.25, 0.3) is 0 Å². The molecule has 2 amide bonds. The number of halogens is 1. The first-order valence-electron chi connectivity index (χ1n) is 11.1. The van der Waals surface area contributed by atoms with E-state index in [0.717, 1.165) is 44.3 Å². The number of piperidine rings is 1. The Bertz CT molecular complexity index is 932. The molecule has 2 heterocycles. The molecule has 0 bridgehead atoms. The quantitative estimate of drug-likeness (QED) is 0.740. The molecule has 0 radical (unpaired) electrons. The van der Waals surface area contributed by atoms with Crippen LogP contribution in [0.4, 0.5) is 0 Å². The highest BCUT2D eigenvalue weighted by molar-refractivity contribution is 6.30. The second kappa shape index (κ2) is 8.99. The molecule has 1 saturated carbocycles. The highest BCUT2D eigenvalue weighted by atomic mass is 35.5. The summed E-state index contributed by atoms with van der Waals surface area (Å²) in [7, 11) is 0. The Morgan fingerprint density at radius 3 is 2.52 bits per heavy atom. The average Bonchev–Trinajstić information content (AvgIpc) is 3.22. The van der Waals surface area contributed by atoms with Crippen LogP contribution in [0, 0.1) is 11.3 Å². The van der Waals surface area contributed by atoms with Crippen LogP contribution in [-0.4, -0.2) is 51.3 Å². The molecule has 1 N–H and O–H groups in total. The summed E-state index contributed by atoms with van der Waals surface area (Å²) in [5, 5.41) is 11.9. The zero-order valence-corrected chi connectivity index (χ0v) is 18.9. The minimum absolute atomic E-state index is 0.149. The van der Waals surface area contributed by atoms with E-state index in [2.05, 4.69) is 29.5 Å². The molecule has 2 fully saturated rings. The summed E-state index contributed by atoms with van der Waals surface area (Å²) < 4.78 is 1.87. The van der Waals surface area contributed by atoms with Gasteiger partial charge in [0.2, 0.25) is 5.91 Å². The molecule has 1 unspecified atom stereocenters. The molecule has 1 aromatic carbocycles. The van der Waals surface area contributed by atoms with Crippen LogP contribution in [0.1, 0.15) is 61.6 Å². The molecule has 1 aliphatic heterocycles. The van der Waals surface area contributed by atoms with Crippen molar-refractivity contribution in [2.45, 2.75) is 52.0 Å². The van der Waals surface area contributed by atoms with Crippen LogP contribution in [0.5, 0.6) is 0 Å². The lowest BCUT2D eigenvalue weighted by Crippen LogP contribution is -2.51. The summed E-state index contributed by atoms with van der Waals surface area (Å²) in [6.07, 6.45) is 6.27. The van der Waals surface area contributed by atoms with Crippen molar-refractivity contribution in [1.82, 2.24) is 25.2 Å². The third-order valence-electron chi connectivity index (χ3n) is 6.74. The maximum Gasteiger partial charge on any atom is 0.273 e. The number of nitrogens with one attached hydrogen (secondary N) is 1. The molecule has 1 aromatic heterocycles. The smallest absolute Gasteiger partial charge is 0.273 e. The van der Waals surface area contributed by atoms with E-state index in [0.29, 0.717) is 29.6 Å². The number of benzene rings is 1. The Kier molecular flexibility index (Phi) is 6.32. The van der Waals surface area contributed by atoms with E-state index in [1.807, 2.05) is 33.8 Å².